The number of aromatic nitrogens is 4. The van der Waals surface area contributed by atoms with Gasteiger partial charge in [0.1, 0.15) is 0 Å². The van der Waals surface area contributed by atoms with Gasteiger partial charge < -0.3 is 0 Å². The monoisotopic (exact) mass is 301 g/mol. The summed E-state index contributed by atoms with van der Waals surface area (Å²) in [6.45, 7) is 0.0697. The molecule has 0 amide bonds. The first kappa shape index (κ1) is 10.9. The van der Waals surface area contributed by atoms with Crippen molar-refractivity contribution in [1.29, 1.82) is 0 Å². The molecule has 0 radical (unpaired) electrons. The van der Waals surface area contributed by atoms with E-state index in [4.69, 9.17) is 15.6 Å². The average Bonchev–Trinajstić information content (AvgIpc) is 2.94. The third kappa shape index (κ3) is 1.79. The first-order valence-corrected chi connectivity index (χ1v) is 7.30. The van der Waals surface area contributed by atoms with Crippen molar-refractivity contribution in [3.63, 3.8) is 0 Å². The summed E-state index contributed by atoms with van der Waals surface area (Å²) in [7, 11) is 0. The molecule has 0 aliphatic carbocycles. The number of aliphatic hydroxyl groups excluding tert-OH is 1. The summed E-state index contributed by atoms with van der Waals surface area (Å²) in [5.41, 5.74) is 6.99. The third-order valence-corrected chi connectivity index (χ3v) is 4.91. The van der Waals surface area contributed by atoms with Crippen LogP contribution in [0.25, 0.3) is 11.2 Å². The molecule has 3 heterocycles. The summed E-state index contributed by atoms with van der Waals surface area (Å²) >= 11 is 0.286. The number of nitrogens with zero attached hydrogens (tertiary/aromatic N) is 4. The quantitative estimate of drug-likeness (QED) is 0.717. The molecule has 7 nitrogen and oxygen atoms in total. The minimum absolute atomic E-state index is 0.0378. The van der Waals surface area contributed by atoms with E-state index >= 15 is 0 Å². The molecule has 0 saturated carbocycles. The summed E-state index contributed by atoms with van der Waals surface area (Å²) in [6, 6.07) is 0. The van der Waals surface area contributed by atoms with Gasteiger partial charge in [-0.15, -0.1) is 0 Å². The summed E-state index contributed by atoms with van der Waals surface area (Å²) in [5, 5.41) is 9.92. The molecule has 1 aliphatic rings. The number of anilines is 1. The first-order valence-electron chi connectivity index (χ1n) is 5.10. The van der Waals surface area contributed by atoms with Crippen molar-refractivity contribution in [3.8, 4) is 0 Å². The number of hydrogen-bond acceptors (Lipinski definition) is 6. The van der Waals surface area contributed by atoms with E-state index in [-0.39, 0.29) is 32.8 Å². The Labute approximate surface area is 103 Å². The van der Waals surface area contributed by atoms with Crippen molar-refractivity contribution in [2.24, 2.45) is 0 Å². The molecule has 2 atom stereocenters. The molecule has 8 heteroatoms. The van der Waals surface area contributed by atoms with Gasteiger partial charge in [-0.3, -0.25) is 0 Å². The molecule has 0 unspecified atom stereocenters. The predicted molar refractivity (Wildman–Crippen MR) is 61.3 cm³/mol. The second-order valence-corrected chi connectivity index (χ2v) is 6.12. The molecular formula is C9H11N5O2Se. The van der Waals surface area contributed by atoms with Crippen LogP contribution in [-0.2, 0) is 4.74 Å². The van der Waals surface area contributed by atoms with Gasteiger partial charge in [0.2, 0.25) is 0 Å². The van der Waals surface area contributed by atoms with E-state index in [0.717, 1.165) is 5.32 Å². The van der Waals surface area contributed by atoms with Crippen LogP contribution in [-0.4, -0.2) is 51.2 Å². The van der Waals surface area contributed by atoms with Crippen LogP contribution in [0.1, 0.15) is 6.23 Å². The summed E-state index contributed by atoms with van der Waals surface area (Å²) in [6.07, 6.45) is 2.97. The third-order valence-electron chi connectivity index (χ3n) is 2.58. The fourth-order valence-electron chi connectivity index (χ4n) is 1.77. The Balaban J connectivity index is 1.99. The van der Waals surface area contributed by atoms with Crippen molar-refractivity contribution >= 4 is 31.9 Å². The number of fused-ring (bicyclic) bond motifs is 1. The van der Waals surface area contributed by atoms with Crippen LogP contribution in [0.4, 0.5) is 5.82 Å². The predicted octanol–water partition coefficient (Wildman–Crippen LogP) is -0.622. The normalized spacial score (nSPS) is 24.5. The molecule has 2 aromatic heterocycles. The zero-order valence-electron chi connectivity index (χ0n) is 8.85. The number of hydrogen-bond donors (Lipinski definition) is 2. The molecule has 2 aromatic rings. The van der Waals surface area contributed by atoms with Crippen LogP contribution in [0.15, 0.2) is 12.7 Å². The molecule has 1 fully saturated rings. The maximum atomic E-state index is 9.06. The zero-order valence-corrected chi connectivity index (χ0v) is 10.6. The van der Waals surface area contributed by atoms with E-state index in [1.54, 1.807) is 6.33 Å². The second kappa shape index (κ2) is 4.23. The molecule has 3 N–H and O–H groups in total. The van der Waals surface area contributed by atoms with E-state index in [2.05, 4.69) is 15.0 Å². The van der Waals surface area contributed by atoms with E-state index in [9.17, 15) is 0 Å². The van der Waals surface area contributed by atoms with Crippen LogP contribution < -0.4 is 5.73 Å². The number of ether oxygens (including phenoxy) is 1. The van der Waals surface area contributed by atoms with Crippen molar-refractivity contribution in [2.45, 2.75) is 16.5 Å². The van der Waals surface area contributed by atoms with E-state index in [1.807, 2.05) is 4.57 Å². The fourth-order valence-corrected chi connectivity index (χ4v) is 3.72. The maximum absolute atomic E-state index is 9.06. The number of rotatable bonds is 2. The van der Waals surface area contributed by atoms with Gasteiger partial charge in [0.05, 0.1) is 0 Å². The first-order chi connectivity index (χ1) is 8.29. The number of aliphatic hydroxyl groups is 1. The van der Waals surface area contributed by atoms with Gasteiger partial charge >= 0.3 is 103 Å². The molecule has 0 spiro atoms. The topological polar surface area (TPSA) is 99.1 Å². The number of nitrogen functional groups attached to an aromatic ring is 1. The molecular weight excluding hydrogens is 289 g/mol. The SMILES string of the molecule is Nc1ncnc2c1ncn2[C@@H]1C[Se][C@H](CO)O1. The Kier molecular flexibility index (Phi) is 2.71. The molecule has 90 valence electrons. The van der Waals surface area contributed by atoms with Gasteiger partial charge in [-0.25, -0.2) is 0 Å². The molecule has 1 aliphatic heterocycles. The van der Waals surface area contributed by atoms with E-state index < -0.39 is 0 Å². The van der Waals surface area contributed by atoms with Gasteiger partial charge in [0.15, 0.2) is 0 Å². The van der Waals surface area contributed by atoms with Gasteiger partial charge in [-0.1, -0.05) is 0 Å². The summed E-state index contributed by atoms with van der Waals surface area (Å²) in [5.74, 6) is 0.371. The Morgan fingerprint density at radius 1 is 1.53 bits per heavy atom. The van der Waals surface area contributed by atoms with E-state index in [1.165, 1.54) is 6.33 Å². The standard InChI is InChI=1S/C9H11N5O2Se/c10-8-7-9(12-3-11-8)14(4-13-7)5-2-17-6(1-15)16-5/h3-6,15H,1-2H2,(H2,10,11,12)/t5-,6+/m0/s1. The van der Waals surface area contributed by atoms with Crippen molar-refractivity contribution in [1.82, 2.24) is 19.5 Å². The Bertz CT molecular complexity index is 545. The fraction of sp³-hybridized carbons (Fsp3) is 0.444. The van der Waals surface area contributed by atoms with Crippen LogP contribution in [0.3, 0.4) is 0 Å². The van der Waals surface area contributed by atoms with Gasteiger partial charge in [-0.05, 0) is 0 Å². The minimum atomic E-state index is -0.105. The number of nitrogens with two attached hydrogens (primary N) is 1. The van der Waals surface area contributed by atoms with Crippen LogP contribution in [0.2, 0.25) is 5.32 Å². The molecule has 1 saturated heterocycles. The van der Waals surface area contributed by atoms with E-state index in [0.29, 0.717) is 17.0 Å². The Morgan fingerprint density at radius 3 is 3.18 bits per heavy atom. The second-order valence-electron chi connectivity index (χ2n) is 3.62. The van der Waals surface area contributed by atoms with Crippen LogP contribution >= 0.6 is 0 Å². The van der Waals surface area contributed by atoms with Gasteiger partial charge in [-0.2, -0.15) is 0 Å². The van der Waals surface area contributed by atoms with Crippen LogP contribution in [0.5, 0.6) is 0 Å². The molecule has 0 bridgehead atoms. The van der Waals surface area contributed by atoms with Crippen LogP contribution in [0, 0.1) is 0 Å². The molecule has 17 heavy (non-hydrogen) atoms. The number of imidazole rings is 1. The van der Waals surface area contributed by atoms with Crippen molar-refractivity contribution in [2.75, 3.05) is 12.3 Å². The van der Waals surface area contributed by atoms with Crippen molar-refractivity contribution < 1.29 is 9.84 Å². The average molecular weight is 300 g/mol. The molecule has 0 aromatic carbocycles. The summed E-state index contributed by atoms with van der Waals surface area (Å²) < 4.78 is 7.55. The van der Waals surface area contributed by atoms with Gasteiger partial charge in [0.25, 0.3) is 0 Å². The molecule has 3 rings (SSSR count). The zero-order chi connectivity index (χ0) is 11.8. The Hall–Kier alpha value is -1.21. The summed E-state index contributed by atoms with van der Waals surface area (Å²) in [4.78, 5) is 12.3. The Morgan fingerprint density at radius 2 is 2.41 bits per heavy atom. The van der Waals surface area contributed by atoms with Crippen molar-refractivity contribution in [3.05, 3.63) is 12.7 Å². The van der Waals surface area contributed by atoms with Gasteiger partial charge in [0, 0.05) is 0 Å².